The Morgan fingerprint density at radius 3 is 2.00 bits per heavy atom. The van der Waals surface area contributed by atoms with Gasteiger partial charge in [-0.2, -0.15) is 0 Å². The molecule has 1 radical (unpaired) electrons. The molecule has 18 heavy (non-hydrogen) atoms. The summed E-state index contributed by atoms with van der Waals surface area (Å²) in [7, 11) is 0. The molecule has 0 amide bonds. The van der Waals surface area contributed by atoms with Crippen LogP contribution < -0.4 is 5.73 Å². The molecular formula is C15H22NO2. The van der Waals surface area contributed by atoms with Gasteiger partial charge < -0.3 is 10.5 Å². The molecular weight excluding hydrogens is 226 g/mol. The molecule has 99 valence electrons. The van der Waals surface area contributed by atoms with Gasteiger partial charge in [-0.05, 0) is 43.0 Å². The lowest BCUT2D eigenvalue weighted by Gasteiger charge is -2.12. The number of rotatable bonds is 6. The molecule has 0 atom stereocenters. The van der Waals surface area contributed by atoms with E-state index in [0.717, 1.165) is 36.8 Å². The summed E-state index contributed by atoms with van der Waals surface area (Å²) in [5.74, 6) is -0.285. The van der Waals surface area contributed by atoms with Gasteiger partial charge in [0.2, 0.25) is 0 Å². The lowest BCUT2D eigenvalue weighted by molar-refractivity contribution is 0.0526. The van der Waals surface area contributed by atoms with E-state index in [1.807, 2.05) is 12.1 Å². The highest BCUT2D eigenvalue weighted by atomic mass is 16.5. The van der Waals surface area contributed by atoms with E-state index < -0.39 is 0 Å². The molecule has 0 saturated heterocycles. The molecule has 0 heterocycles. The van der Waals surface area contributed by atoms with Crippen LogP contribution in [0.2, 0.25) is 0 Å². The van der Waals surface area contributed by atoms with Crippen molar-refractivity contribution in [2.24, 2.45) is 0 Å². The standard InChI is InChI=1S/C15H22NO2/c1-4-7-11-9-13(15(17)18-6-3)10-12(8-5-2)14(11)16/h9-10,16H,4-8H2,1-3H3. The molecule has 0 spiro atoms. The molecule has 1 aromatic rings. The highest BCUT2D eigenvalue weighted by molar-refractivity contribution is 5.90. The van der Waals surface area contributed by atoms with Crippen LogP contribution >= 0.6 is 0 Å². The first kappa shape index (κ1) is 14.6. The molecule has 0 fully saturated rings. The number of benzene rings is 1. The number of aryl methyl sites for hydroxylation is 2. The SMILES string of the molecule is CCCc1cc(C(=O)OCC)cc(CCC)c1[NH]. The molecule has 3 heteroatoms. The topological polar surface area (TPSA) is 50.1 Å². The van der Waals surface area contributed by atoms with Crippen molar-refractivity contribution in [2.75, 3.05) is 6.61 Å². The lowest BCUT2D eigenvalue weighted by atomic mass is 9.97. The first-order valence-corrected chi connectivity index (χ1v) is 6.68. The zero-order valence-corrected chi connectivity index (χ0v) is 11.5. The van der Waals surface area contributed by atoms with Crippen LogP contribution in [0.4, 0.5) is 5.69 Å². The molecule has 0 bridgehead atoms. The lowest BCUT2D eigenvalue weighted by Crippen LogP contribution is -2.07. The predicted octanol–water partition coefficient (Wildman–Crippen LogP) is 3.68. The van der Waals surface area contributed by atoms with E-state index >= 15 is 0 Å². The van der Waals surface area contributed by atoms with E-state index in [2.05, 4.69) is 13.8 Å². The fraction of sp³-hybridized carbons (Fsp3) is 0.533. The van der Waals surface area contributed by atoms with Crippen LogP contribution in [0.25, 0.3) is 0 Å². The maximum Gasteiger partial charge on any atom is 0.338 e. The van der Waals surface area contributed by atoms with Crippen molar-refractivity contribution >= 4 is 11.7 Å². The summed E-state index contributed by atoms with van der Waals surface area (Å²) >= 11 is 0. The van der Waals surface area contributed by atoms with E-state index in [-0.39, 0.29) is 5.97 Å². The summed E-state index contributed by atoms with van der Waals surface area (Å²) in [6.45, 7) is 6.34. The molecule has 1 aromatic carbocycles. The van der Waals surface area contributed by atoms with E-state index in [9.17, 15) is 4.79 Å². The predicted molar refractivity (Wildman–Crippen MR) is 73.1 cm³/mol. The largest absolute Gasteiger partial charge is 0.462 e. The van der Waals surface area contributed by atoms with Crippen molar-refractivity contribution in [3.8, 4) is 0 Å². The van der Waals surface area contributed by atoms with Crippen LogP contribution in [0, 0.1) is 0 Å². The molecule has 0 aliphatic rings. The highest BCUT2D eigenvalue weighted by Gasteiger charge is 2.13. The van der Waals surface area contributed by atoms with E-state index in [1.165, 1.54) is 0 Å². The Balaban J connectivity index is 3.15. The van der Waals surface area contributed by atoms with Gasteiger partial charge in [0, 0.05) is 0 Å². The minimum atomic E-state index is -0.285. The summed E-state index contributed by atoms with van der Waals surface area (Å²) in [6, 6.07) is 3.62. The van der Waals surface area contributed by atoms with E-state index in [4.69, 9.17) is 10.5 Å². The maximum atomic E-state index is 11.8. The van der Waals surface area contributed by atoms with Gasteiger partial charge in [0.1, 0.15) is 0 Å². The number of hydrogen-bond acceptors (Lipinski definition) is 2. The zero-order valence-electron chi connectivity index (χ0n) is 11.5. The van der Waals surface area contributed by atoms with Gasteiger partial charge >= 0.3 is 5.97 Å². The third-order valence-electron chi connectivity index (χ3n) is 2.85. The number of esters is 1. The van der Waals surface area contributed by atoms with Crippen LogP contribution in [0.5, 0.6) is 0 Å². The molecule has 3 nitrogen and oxygen atoms in total. The second kappa shape index (κ2) is 7.04. The van der Waals surface area contributed by atoms with Gasteiger partial charge in [-0.25, -0.2) is 4.79 Å². The second-order valence-corrected chi connectivity index (χ2v) is 4.39. The number of nitrogens with one attached hydrogen (secondary N) is 1. The fourth-order valence-corrected chi connectivity index (χ4v) is 2.03. The molecule has 0 saturated carbocycles. The van der Waals surface area contributed by atoms with Crippen molar-refractivity contribution in [2.45, 2.75) is 46.5 Å². The number of ether oxygens (including phenoxy) is 1. The molecule has 0 aromatic heterocycles. The van der Waals surface area contributed by atoms with Crippen molar-refractivity contribution in [3.63, 3.8) is 0 Å². The Bertz CT molecular complexity index is 386. The summed E-state index contributed by atoms with van der Waals surface area (Å²) < 4.78 is 5.03. The minimum Gasteiger partial charge on any atom is -0.462 e. The van der Waals surface area contributed by atoms with Gasteiger partial charge in [-0.3, -0.25) is 0 Å². The Hall–Kier alpha value is -1.51. The Morgan fingerprint density at radius 2 is 1.61 bits per heavy atom. The normalized spacial score (nSPS) is 10.4. The number of carbonyl (C=O) groups excluding carboxylic acids is 1. The number of hydrogen-bond donors (Lipinski definition) is 0. The fourth-order valence-electron chi connectivity index (χ4n) is 2.03. The first-order chi connectivity index (χ1) is 8.63. The van der Waals surface area contributed by atoms with Crippen molar-refractivity contribution < 1.29 is 9.53 Å². The molecule has 0 unspecified atom stereocenters. The van der Waals surface area contributed by atoms with Crippen LogP contribution in [0.1, 0.15) is 55.1 Å². The van der Waals surface area contributed by atoms with Crippen LogP contribution in [0.3, 0.4) is 0 Å². The molecule has 1 rings (SSSR count). The van der Waals surface area contributed by atoms with Crippen LogP contribution in [0.15, 0.2) is 12.1 Å². The third-order valence-corrected chi connectivity index (χ3v) is 2.85. The van der Waals surface area contributed by atoms with Crippen molar-refractivity contribution in [3.05, 3.63) is 28.8 Å². The van der Waals surface area contributed by atoms with Gasteiger partial charge in [0.05, 0.1) is 17.9 Å². The Morgan fingerprint density at radius 1 is 1.11 bits per heavy atom. The van der Waals surface area contributed by atoms with Crippen molar-refractivity contribution in [1.29, 1.82) is 0 Å². The Kier molecular flexibility index (Phi) is 5.69. The summed E-state index contributed by atoms with van der Waals surface area (Å²) in [6.07, 6.45) is 3.62. The average Bonchev–Trinajstić information content (AvgIpc) is 2.34. The molecule has 1 N–H and O–H groups in total. The molecule has 0 aliphatic heterocycles. The summed E-state index contributed by atoms with van der Waals surface area (Å²) in [5.41, 5.74) is 11.2. The molecule has 0 aliphatic carbocycles. The minimum absolute atomic E-state index is 0.285. The monoisotopic (exact) mass is 248 g/mol. The first-order valence-electron chi connectivity index (χ1n) is 6.68. The summed E-state index contributed by atoms with van der Waals surface area (Å²) in [4.78, 5) is 11.8. The van der Waals surface area contributed by atoms with E-state index in [0.29, 0.717) is 17.9 Å². The van der Waals surface area contributed by atoms with Crippen LogP contribution in [-0.4, -0.2) is 12.6 Å². The third kappa shape index (κ3) is 3.49. The van der Waals surface area contributed by atoms with Gasteiger partial charge in [-0.1, -0.05) is 26.7 Å². The van der Waals surface area contributed by atoms with Gasteiger partial charge in [0.15, 0.2) is 0 Å². The average molecular weight is 248 g/mol. The highest BCUT2D eigenvalue weighted by Crippen LogP contribution is 2.25. The smallest absolute Gasteiger partial charge is 0.338 e. The zero-order chi connectivity index (χ0) is 13.5. The van der Waals surface area contributed by atoms with Gasteiger partial charge in [0.25, 0.3) is 0 Å². The van der Waals surface area contributed by atoms with Crippen LogP contribution in [-0.2, 0) is 17.6 Å². The second-order valence-electron chi connectivity index (χ2n) is 4.39. The quantitative estimate of drug-likeness (QED) is 0.721. The number of carbonyl (C=O) groups is 1. The van der Waals surface area contributed by atoms with E-state index in [1.54, 1.807) is 6.92 Å². The van der Waals surface area contributed by atoms with Gasteiger partial charge in [-0.15, -0.1) is 0 Å². The van der Waals surface area contributed by atoms with Crippen molar-refractivity contribution in [1.82, 2.24) is 5.73 Å². The Labute approximate surface area is 109 Å². The summed E-state index contributed by atoms with van der Waals surface area (Å²) in [5, 5.41) is 0. The maximum absolute atomic E-state index is 11.8.